The van der Waals surface area contributed by atoms with Crippen LogP contribution in [0.1, 0.15) is 21.7 Å². The molecule has 2 heterocycles. The molecule has 2 aromatic heterocycles. The van der Waals surface area contributed by atoms with Crippen LogP contribution in [0.15, 0.2) is 35.1 Å². The minimum absolute atomic E-state index is 0.214. The Balaban J connectivity index is 1.49. The van der Waals surface area contributed by atoms with E-state index in [0.29, 0.717) is 23.1 Å². The smallest absolute Gasteiger partial charge is 0.278 e. The quantitative estimate of drug-likeness (QED) is 0.634. The Morgan fingerprint density at radius 2 is 2.20 bits per heavy atom. The van der Waals surface area contributed by atoms with Crippen molar-refractivity contribution in [3.63, 3.8) is 0 Å². The highest BCUT2D eigenvalue weighted by atomic mass is 35.5. The van der Waals surface area contributed by atoms with Gasteiger partial charge in [-0.15, -0.1) is 5.10 Å². The number of rotatable bonds is 7. The number of hydrogen-bond donors (Lipinski definition) is 1. The van der Waals surface area contributed by atoms with E-state index < -0.39 is 0 Å². The van der Waals surface area contributed by atoms with Crippen LogP contribution < -0.4 is 10.1 Å². The fraction of sp³-hybridized carbons (Fsp3) is 0.267. The molecule has 0 radical (unpaired) electrons. The highest BCUT2D eigenvalue weighted by Crippen LogP contribution is 2.15. The maximum absolute atomic E-state index is 12.1. The zero-order valence-electron chi connectivity index (χ0n) is 13.3. The van der Waals surface area contributed by atoms with Gasteiger partial charge in [-0.25, -0.2) is 9.31 Å². The zero-order chi connectivity index (χ0) is 17.6. The molecule has 0 fully saturated rings. The molecule has 1 aromatic carbocycles. The SMILES string of the molecule is Cc1nonc1OCCNC(=O)c1cn(Cc2ccccc2Cl)nn1. The van der Waals surface area contributed by atoms with Crippen molar-refractivity contribution in [2.75, 3.05) is 13.2 Å². The topological polar surface area (TPSA) is 108 Å². The molecule has 3 aromatic rings. The molecule has 3 rings (SSSR count). The summed E-state index contributed by atoms with van der Waals surface area (Å²) in [5.41, 5.74) is 1.66. The van der Waals surface area contributed by atoms with Gasteiger partial charge in [-0.2, -0.15) is 0 Å². The summed E-state index contributed by atoms with van der Waals surface area (Å²) in [5.74, 6) is -0.0380. The van der Waals surface area contributed by atoms with Gasteiger partial charge in [0, 0.05) is 5.02 Å². The summed E-state index contributed by atoms with van der Waals surface area (Å²) in [5, 5.41) is 18.3. The number of ether oxygens (including phenoxy) is 1. The normalized spacial score (nSPS) is 10.6. The Hall–Kier alpha value is -2.94. The molecule has 0 bridgehead atoms. The number of nitrogens with zero attached hydrogens (tertiary/aromatic N) is 5. The highest BCUT2D eigenvalue weighted by molar-refractivity contribution is 6.31. The van der Waals surface area contributed by atoms with E-state index in [0.717, 1.165) is 5.56 Å². The lowest BCUT2D eigenvalue weighted by Crippen LogP contribution is -2.28. The third-order valence-corrected chi connectivity index (χ3v) is 3.67. The molecule has 0 aliphatic heterocycles. The van der Waals surface area contributed by atoms with E-state index in [1.807, 2.05) is 18.2 Å². The number of aromatic nitrogens is 5. The van der Waals surface area contributed by atoms with E-state index >= 15 is 0 Å². The molecule has 0 aliphatic carbocycles. The van der Waals surface area contributed by atoms with Gasteiger partial charge in [0.25, 0.3) is 11.8 Å². The summed E-state index contributed by atoms with van der Waals surface area (Å²) in [6.45, 7) is 2.65. The second-order valence-corrected chi connectivity index (χ2v) is 5.56. The first-order chi connectivity index (χ1) is 12.1. The minimum Gasteiger partial charge on any atom is -0.472 e. The van der Waals surface area contributed by atoms with Gasteiger partial charge in [0.15, 0.2) is 5.69 Å². The van der Waals surface area contributed by atoms with E-state index in [1.54, 1.807) is 23.9 Å². The third-order valence-electron chi connectivity index (χ3n) is 3.30. The largest absolute Gasteiger partial charge is 0.472 e. The average molecular weight is 363 g/mol. The van der Waals surface area contributed by atoms with Crippen molar-refractivity contribution in [1.82, 2.24) is 30.6 Å². The molecular weight excluding hydrogens is 348 g/mol. The zero-order valence-corrected chi connectivity index (χ0v) is 14.1. The van der Waals surface area contributed by atoms with Gasteiger partial charge in [0.1, 0.15) is 12.3 Å². The van der Waals surface area contributed by atoms with Crippen molar-refractivity contribution in [2.24, 2.45) is 0 Å². The molecule has 25 heavy (non-hydrogen) atoms. The lowest BCUT2D eigenvalue weighted by Gasteiger charge is -2.04. The van der Waals surface area contributed by atoms with Gasteiger partial charge in [0.05, 0.1) is 19.3 Å². The summed E-state index contributed by atoms with van der Waals surface area (Å²) in [6.07, 6.45) is 1.56. The second-order valence-electron chi connectivity index (χ2n) is 5.15. The van der Waals surface area contributed by atoms with Crippen molar-refractivity contribution in [2.45, 2.75) is 13.5 Å². The fourth-order valence-electron chi connectivity index (χ4n) is 2.04. The van der Waals surface area contributed by atoms with Gasteiger partial charge in [-0.05, 0) is 23.7 Å². The maximum Gasteiger partial charge on any atom is 0.278 e. The number of amides is 1. The molecule has 0 aliphatic rings. The van der Waals surface area contributed by atoms with Crippen molar-refractivity contribution in [1.29, 1.82) is 0 Å². The molecule has 130 valence electrons. The molecular formula is C15H15ClN6O3. The van der Waals surface area contributed by atoms with E-state index in [2.05, 4.69) is 30.6 Å². The first-order valence-corrected chi connectivity index (χ1v) is 7.85. The Morgan fingerprint density at radius 1 is 1.36 bits per heavy atom. The van der Waals surface area contributed by atoms with Crippen molar-refractivity contribution < 1.29 is 14.2 Å². The third kappa shape index (κ3) is 4.32. The number of aryl methyl sites for hydroxylation is 1. The van der Waals surface area contributed by atoms with Crippen LogP contribution in [-0.4, -0.2) is 44.4 Å². The Bertz CT molecular complexity index is 862. The van der Waals surface area contributed by atoms with Gasteiger partial charge < -0.3 is 10.1 Å². The summed E-state index contributed by atoms with van der Waals surface area (Å²) < 4.78 is 11.4. The van der Waals surface area contributed by atoms with E-state index in [1.165, 1.54) is 0 Å². The van der Waals surface area contributed by atoms with E-state index in [4.69, 9.17) is 16.3 Å². The minimum atomic E-state index is -0.344. The highest BCUT2D eigenvalue weighted by Gasteiger charge is 2.12. The van der Waals surface area contributed by atoms with Crippen LogP contribution in [0.3, 0.4) is 0 Å². The standard InChI is InChI=1S/C15H15ClN6O3/c1-10-15(20-25-19-10)24-7-6-17-14(23)13-9-22(21-18-13)8-11-4-2-3-5-12(11)16/h2-5,9H,6-8H2,1H3,(H,17,23). The van der Waals surface area contributed by atoms with Crippen LogP contribution in [0.5, 0.6) is 5.88 Å². The number of carbonyl (C=O) groups is 1. The van der Waals surface area contributed by atoms with Crippen molar-refractivity contribution in [3.8, 4) is 5.88 Å². The van der Waals surface area contributed by atoms with Crippen LogP contribution >= 0.6 is 11.6 Å². The summed E-state index contributed by atoms with van der Waals surface area (Å²) in [7, 11) is 0. The van der Waals surface area contributed by atoms with Gasteiger partial charge in [-0.1, -0.05) is 40.2 Å². The second kappa shape index (κ2) is 7.75. The molecule has 0 unspecified atom stereocenters. The fourth-order valence-corrected chi connectivity index (χ4v) is 2.23. The number of hydrogen-bond acceptors (Lipinski definition) is 7. The lowest BCUT2D eigenvalue weighted by molar-refractivity contribution is 0.0941. The molecule has 1 N–H and O–H groups in total. The molecule has 1 amide bonds. The Labute approximate surface area is 147 Å². The summed E-state index contributed by atoms with van der Waals surface area (Å²) in [6, 6.07) is 7.43. The first kappa shape index (κ1) is 16.9. The first-order valence-electron chi connectivity index (χ1n) is 7.47. The van der Waals surface area contributed by atoms with Crippen LogP contribution in [0.2, 0.25) is 5.02 Å². The summed E-state index contributed by atoms with van der Waals surface area (Å²) >= 11 is 6.11. The number of benzene rings is 1. The molecule has 9 nitrogen and oxygen atoms in total. The predicted molar refractivity (Wildman–Crippen MR) is 87.4 cm³/mol. The maximum atomic E-state index is 12.1. The Morgan fingerprint density at radius 3 is 2.96 bits per heavy atom. The molecule has 0 saturated carbocycles. The molecule has 0 saturated heterocycles. The van der Waals surface area contributed by atoms with E-state index in [9.17, 15) is 4.79 Å². The molecule has 0 spiro atoms. The van der Waals surface area contributed by atoms with Crippen LogP contribution in [-0.2, 0) is 6.54 Å². The molecule has 10 heteroatoms. The predicted octanol–water partition coefficient (Wildman–Crippen LogP) is 1.48. The molecule has 0 atom stereocenters. The van der Waals surface area contributed by atoms with Crippen molar-refractivity contribution >= 4 is 17.5 Å². The van der Waals surface area contributed by atoms with Crippen LogP contribution in [0.4, 0.5) is 0 Å². The Kier molecular flexibility index (Phi) is 5.24. The van der Waals surface area contributed by atoms with Gasteiger partial charge >= 0.3 is 0 Å². The van der Waals surface area contributed by atoms with Crippen LogP contribution in [0, 0.1) is 6.92 Å². The van der Waals surface area contributed by atoms with E-state index in [-0.39, 0.29) is 24.8 Å². The van der Waals surface area contributed by atoms with Gasteiger partial charge in [0.2, 0.25) is 0 Å². The monoisotopic (exact) mass is 362 g/mol. The average Bonchev–Trinajstić information content (AvgIpc) is 3.23. The lowest BCUT2D eigenvalue weighted by atomic mass is 10.2. The van der Waals surface area contributed by atoms with Crippen LogP contribution in [0.25, 0.3) is 0 Å². The number of nitrogens with one attached hydrogen (secondary N) is 1. The van der Waals surface area contributed by atoms with Crippen molar-refractivity contribution in [3.05, 3.63) is 52.4 Å². The number of halogens is 1. The summed E-state index contributed by atoms with van der Waals surface area (Å²) in [4.78, 5) is 12.1. The number of carbonyl (C=O) groups excluding carboxylic acids is 1. The van der Waals surface area contributed by atoms with Gasteiger partial charge in [-0.3, -0.25) is 4.79 Å².